The van der Waals surface area contributed by atoms with Crippen LogP contribution in [0.1, 0.15) is 49.4 Å². The zero-order valence-electron chi connectivity index (χ0n) is 20.2. The molecule has 1 atom stereocenters. The van der Waals surface area contributed by atoms with Crippen LogP contribution < -0.4 is 10.9 Å². The number of allylic oxidation sites excluding steroid dienone is 2. The first kappa shape index (κ1) is 25.3. The molecular weight excluding hydrogens is 473 g/mol. The van der Waals surface area contributed by atoms with E-state index in [0.29, 0.717) is 40.9 Å². The molecule has 1 aromatic heterocycles. The van der Waals surface area contributed by atoms with Crippen molar-refractivity contribution in [2.75, 3.05) is 0 Å². The smallest absolute Gasteiger partial charge is 0.262 e. The van der Waals surface area contributed by atoms with E-state index >= 15 is 0 Å². The van der Waals surface area contributed by atoms with Gasteiger partial charge in [-0.1, -0.05) is 66.4 Å². The molecule has 4 rings (SSSR count). The van der Waals surface area contributed by atoms with E-state index < -0.39 is 0 Å². The molecule has 0 aliphatic heterocycles. The van der Waals surface area contributed by atoms with Crippen molar-refractivity contribution in [3.05, 3.63) is 97.7 Å². The highest BCUT2D eigenvalue weighted by Gasteiger charge is 2.22. The Bertz CT molecular complexity index is 1360. The van der Waals surface area contributed by atoms with Crippen molar-refractivity contribution in [3.63, 3.8) is 0 Å². The summed E-state index contributed by atoms with van der Waals surface area (Å²) in [6.45, 7) is 8.73. The van der Waals surface area contributed by atoms with Crippen LogP contribution in [0.3, 0.4) is 0 Å². The average molecular weight is 504 g/mol. The third-order valence-corrected chi connectivity index (χ3v) is 8.14. The van der Waals surface area contributed by atoms with Crippen molar-refractivity contribution < 1.29 is 0 Å². The Morgan fingerprint density at radius 3 is 2.57 bits per heavy atom. The fraction of sp³-hybridized carbons (Fsp3) is 0.286. The first-order valence-corrected chi connectivity index (χ1v) is 13.2. The lowest BCUT2D eigenvalue weighted by Crippen LogP contribution is -2.28. The van der Waals surface area contributed by atoms with Crippen LogP contribution in [0, 0.1) is 11.8 Å². The number of aromatic nitrogens is 2. The number of thioether (sulfide) groups is 1. The molecule has 1 aliphatic carbocycles. The summed E-state index contributed by atoms with van der Waals surface area (Å²) >= 11 is 1.60. The number of hydrogen-bond donors (Lipinski definition) is 0. The Morgan fingerprint density at radius 2 is 1.86 bits per heavy atom. The molecule has 0 radical (unpaired) electrons. The first-order valence-electron chi connectivity index (χ1n) is 11.8. The van der Waals surface area contributed by atoms with Crippen molar-refractivity contribution >= 4 is 36.9 Å². The number of benzene rings is 2. The van der Waals surface area contributed by atoms with Gasteiger partial charge >= 0.3 is 0 Å². The van der Waals surface area contributed by atoms with Crippen LogP contribution in [-0.4, -0.2) is 9.55 Å². The van der Waals surface area contributed by atoms with Crippen LogP contribution in [0.4, 0.5) is 5.69 Å². The van der Waals surface area contributed by atoms with Crippen LogP contribution in [0.2, 0.25) is 0 Å². The maximum atomic E-state index is 14.0. The Morgan fingerprint density at radius 1 is 1.11 bits per heavy atom. The van der Waals surface area contributed by atoms with Gasteiger partial charge < -0.3 is 0 Å². The lowest BCUT2D eigenvalue weighted by atomic mass is 10.0. The van der Waals surface area contributed by atoms with Crippen LogP contribution in [0.5, 0.6) is 0 Å². The highest BCUT2D eigenvalue weighted by Crippen LogP contribution is 2.40. The van der Waals surface area contributed by atoms with Gasteiger partial charge in [-0.2, -0.15) is 0 Å². The minimum atomic E-state index is -0.138. The molecule has 0 saturated carbocycles. The summed E-state index contributed by atoms with van der Waals surface area (Å²) < 4.78 is 1.68. The van der Waals surface area contributed by atoms with E-state index in [1.165, 1.54) is 16.9 Å². The minimum absolute atomic E-state index is 0.138. The van der Waals surface area contributed by atoms with Gasteiger partial charge in [0.2, 0.25) is 0 Å². The third-order valence-electron chi connectivity index (χ3n) is 6.42. The van der Waals surface area contributed by atoms with Gasteiger partial charge in [0.15, 0.2) is 0 Å². The number of rotatable bonds is 8. The molecule has 5 nitrogen and oxygen atoms in total. The van der Waals surface area contributed by atoms with Gasteiger partial charge in [-0.15, -0.1) is 14.1 Å². The average Bonchev–Trinajstić information content (AvgIpc) is 2.85. The van der Waals surface area contributed by atoms with Gasteiger partial charge in [-0.05, 0) is 73.0 Å². The minimum Gasteiger partial charge on any atom is -0.292 e. The Hall–Kier alpha value is -2.82. The summed E-state index contributed by atoms with van der Waals surface area (Å²) in [5.74, 6) is 0.456. The predicted molar refractivity (Wildman–Crippen MR) is 151 cm³/mol. The molecule has 0 amide bonds. The van der Waals surface area contributed by atoms with Crippen LogP contribution >= 0.6 is 21.0 Å². The Kier molecular flexibility index (Phi) is 8.15. The van der Waals surface area contributed by atoms with Crippen LogP contribution in [-0.2, 0) is 13.0 Å². The summed E-state index contributed by atoms with van der Waals surface area (Å²) in [7, 11) is 2.54. The largest absolute Gasteiger partial charge is 0.292 e. The Balaban J connectivity index is 1.83. The fourth-order valence-corrected chi connectivity index (χ4v) is 5.97. The zero-order valence-corrected chi connectivity index (χ0v) is 22.2. The van der Waals surface area contributed by atoms with Gasteiger partial charge in [0.05, 0.1) is 11.3 Å². The summed E-state index contributed by atoms with van der Waals surface area (Å²) in [5.41, 5.74) is 4.35. The normalized spacial score (nSPS) is 13.7. The first-order chi connectivity index (χ1) is 16.9. The summed E-state index contributed by atoms with van der Waals surface area (Å²) in [4.78, 5) is 32.6. The van der Waals surface area contributed by atoms with Gasteiger partial charge in [-0.25, -0.2) is 4.98 Å². The van der Waals surface area contributed by atoms with E-state index in [2.05, 4.69) is 27.9 Å². The molecular formula is C28H30N3O2PS. The van der Waals surface area contributed by atoms with E-state index in [4.69, 9.17) is 4.98 Å². The summed E-state index contributed by atoms with van der Waals surface area (Å²) in [5, 5.41) is 3.92. The SMILES string of the molecule is C=C(SC1=C(C)CCCC1)c1c(C)nc(-c2cccc(P)c2N=O)n(CCc2ccccc2)c1=O. The molecule has 2 aromatic carbocycles. The van der Waals surface area contributed by atoms with E-state index in [-0.39, 0.29) is 11.2 Å². The summed E-state index contributed by atoms with van der Waals surface area (Å²) in [6.07, 6.45) is 5.16. The zero-order chi connectivity index (χ0) is 24.9. The van der Waals surface area contributed by atoms with Crippen LogP contribution in [0.15, 0.2) is 75.6 Å². The maximum Gasteiger partial charge on any atom is 0.262 e. The molecule has 180 valence electrons. The second-order valence-electron chi connectivity index (χ2n) is 8.86. The number of hydrogen-bond acceptors (Lipinski definition) is 5. The lowest BCUT2D eigenvalue weighted by Gasteiger charge is -2.20. The molecule has 0 fully saturated rings. The monoisotopic (exact) mass is 503 g/mol. The predicted octanol–water partition coefficient (Wildman–Crippen LogP) is 6.91. The standard InChI is InChI=1S/C28H30N3O2PS/c1-18-10-7-8-15-24(18)35-20(3)25-19(2)29-27(22-13-9-14-23(34)26(22)30-33)31(28(25)32)17-16-21-11-5-4-6-12-21/h4-6,9,11-14H,3,7-8,10,15-17,34H2,1-2H3. The molecule has 1 aliphatic rings. The third kappa shape index (κ3) is 5.55. The molecule has 35 heavy (non-hydrogen) atoms. The lowest BCUT2D eigenvalue weighted by molar-refractivity contribution is 0.659. The van der Waals surface area contributed by atoms with Crippen LogP contribution in [0.25, 0.3) is 16.3 Å². The van der Waals surface area contributed by atoms with Crippen molar-refractivity contribution in [2.45, 2.75) is 52.5 Å². The summed E-state index contributed by atoms with van der Waals surface area (Å²) in [6, 6.07) is 15.5. The fourth-order valence-electron chi connectivity index (χ4n) is 4.49. The molecule has 3 aromatic rings. The second-order valence-corrected chi connectivity index (χ2v) is 10.7. The number of nitroso groups, excluding NO2 is 1. The molecule has 1 heterocycles. The number of nitrogens with zero attached hydrogens (tertiary/aromatic N) is 3. The van der Waals surface area contributed by atoms with Gasteiger partial charge in [0.25, 0.3) is 5.56 Å². The molecule has 1 unspecified atom stereocenters. The quantitative estimate of drug-likeness (QED) is 0.247. The highest BCUT2D eigenvalue weighted by atomic mass is 32.2. The van der Waals surface area contributed by atoms with E-state index in [0.717, 1.165) is 29.7 Å². The number of aryl methyl sites for hydroxylation is 2. The Labute approximate surface area is 212 Å². The van der Waals surface area contributed by atoms with Crippen molar-refractivity contribution in [1.29, 1.82) is 0 Å². The highest BCUT2D eigenvalue weighted by molar-refractivity contribution is 8.11. The maximum absolute atomic E-state index is 14.0. The van der Waals surface area contributed by atoms with Gasteiger partial charge in [0.1, 0.15) is 11.5 Å². The molecule has 0 saturated heterocycles. The topological polar surface area (TPSA) is 64.3 Å². The van der Waals surface area contributed by atoms with Gasteiger partial charge in [-0.3, -0.25) is 9.36 Å². The molecule has 0 bridgehead atoms. The van der Waals surface area contributed by atoms with E-state index in [1.54, 1.807) is 28.5 Å². The van der Waals surface area contributed by atoms with E-state index in [9.17, 15) is 9.70 Å². The molecule has 0 spiro atoms. The van der Waals surface area contributed by atoms with Crippen molar-refractivity contribution in [3.8, 4) is 11.4 Å². The van der Waals surface area contributed by atoms with Crippen molar-refractivity contribution in [2.24, 2.45) is 5.18 Å². The molecule has 7 heteroatoms. The van der Waals surface area contributed by atoms with Gasteiger partial charge in [0, 0.05) is 17.0 Å². The second kappa shape index (κ2) is 11.3. The molecule has 0 N–H and O–H groups in total. The van der Waals surface area contributed by atoms with Crippen molar-refractivity contribution in [1.82, 2.24) is 9.55 Å². The van der Waals surface area contributed by atoms with E-state index in [1.807, 2.05) is 43.3 Å².